The van der Waals surface area contributed by atoms with Gasteiger partial charge < -0.3 is 9.84 Å². The highest BCUT2D eigenvalue weighted by Gasteiger charge is 2.09. The van der Waals surface area contributed by atoms with Crippen LogP contribution in [0.15, 0.2) is 22.7 Å². The Morgan fingerprint density at radius 2 is 2.16 bits per heavy atom. The van der Waals surface area contributed by atoms with E-state index in [0.29, 0.717) is 11.8 Å². The summed E-state index contributed by atoms with van der Waals surface area (Å²) in [6.07, 6.45) is 2.66. The fraction of sp³-hybridized carbons (Fsp3) is 0.500. The molecule has 0 radical (unpaired) electrons. The Hall–Kier alpha value is -1.91. The lowest BCUT2D eigenvalue weighted by atomic mass is 10.1. The summed E-state index contributed by atoms with van der Waals surface area (Å²) in [5, 5.41) is 7.15. The van der Waals surface area contributed by atoms with Gasteiger partial charge in [-0.05, 0) is 37.6 Å². The predicted molar refractivity (Wildman–Crippen MR) is 74.1 cm³/mol. The average molecular weight is 260 g/mol. The van der Waals surface area contributed by atoms with Crippen LogP contribution in [0.2, 0.25) is 0 Å². The lowest BCUT2D eigenvalue weighted by Gasteiger charge is -2.11. The number of hydrogen-bond donors (Lipinski definition) is 1. The molecule has 1 atom stereocenters. The van der Waals surface area contributed by atoms with Crippen LogP contribution in [-0.4, -0.2) is 21.2 Å². The first-order valence-corrected chi connectivity index (χ1v) is 6.69. The number of hydrogen-bond acceptors (Lipinski definition) is 5. The van der Waals surface area contributed by atoms with Gasteiger partial charge in [0, 0.05) is 30.3 Å². The Morgan fingerprint density at radius 1 is 1.32 bits per heavy atom. The molecule has 0 aromatic carbocycles. The van der Waals surface area contributed by atoms with Crippen molar-refractivity contribution in [1.29, 1.82) is 0 Å². The third-order valence-corrected chi connectivity index (χ3v) is 2.77. The van der Waals surface area contributed by atoms with Gasteiger partial charge in [0.2, 0.25) is 5.89 Å². The van der Waals surface area contributed by atoms with Crippen molar-refractivity contribution in [3.05, 3.63) is 35.5 Å². The Kier molecular flexibility index (Phi) is 4.49. The minimum Gasteiger partial charge on any atom is -0.349 e. The van der Waals surface area contributed by atoms with Gasteiger partial charge in [0.25, 0.3) is 5.95 Å². The van der Waals surface area contributed by atoms with Crippen molar-refractivity contribution in [2.24, 2.45) is 0 Å². The van der Waals surface area contributed by atoms with E-state index in [4.69, 9.17) is 4.52 Å². The molecule has 2 aromatic rings. The molecule has 0 bridgehead atoms. The third-order valence-electron chi connectivity index (χ3n) is 2.77. The maximum Gasteiger partial charge on any atom is 0.263 e. The van der Waals surface area contributed by atoms with Gasteiger partial charge in [0.1, 0.15) is 0 Å². The molecule has 5 heteroatoms. The summed E-state index contributed by atoms with van der Waals surface area (Å²) in [5.41, 5.74) is 2.10. The van der Waals surface area contributed by atoms with Crippen molar-refractivity contribution in [3.63, 3.8) is 0 Å². The number of anilines is 1. The van der Waals surface area contributed by atoms with E-state index < -0.39 is 0 Å². The zero-order chi connectivity index (χ0) is 13.7. The zero-order valence-electron chi connectivity index (χ0n) is 11.7. The monoisotopic (exact) mass is 260 g/mol. The SMILES string of the molecule is CCCc1nc(NC(C)Cc2cccc(C)n2)no1. The number of aryl methyl sites for hydroxylation is 2. The quantitative estimate of drug-likeness (QED) is 0.865. The lowest BCUT2D eigenvalue weighted by molar-refractivity contribution is 0.377. The van der Waals surface area contributed by atoms with Crippen molar-refractivity contribution in [2.45, 2.75) is 46.1 Å². The summed E-state index contributed by atoms with van der Waals surface area (Å²) in [5.74, 6) is 1.24. The van der Waals surface area contributed by atoms with E-state index in [1.807, 2.05) is 25.1 Å². The van der Waals surface area contributed by atoms with Gasteiger partial charge in [-0.1, -0.05) is 13.0 Å². The van der Waals surface area contributed by atoms with E-state index in [0.717, 1.165) is 30.7 Å². The Labute approximate surface area is 113 Å². The minimum absolute atomic E-state index is 0.210. The molecule has 2 rings (SSSR count). The smallest absolute Gasteiger partial charge is 0.263 e. The fourth-order valence-electron chi connectivity index (χ4n) is 1.93. The third kappa shape index (κ3) is 4.05. The van der Waals surface area contributed by atoms with Crippen molar-refractivity contribution in [1.82, 2.24) is 15.1 Å². The highest BCUT2D eigenvalue weighted by molar-refractivity contribution is 5.24. The van der Waals surface area contributed by atoms with Gasteiger partial charge in [0.15, 0.2) is 0 Å². The molecule has 0 aliphatic carbocycles. The molecule has 0 aliphatic rings. The maximum absolute atomic E-state index is 5.14. The van der Waals surface area contributed by atoms with Gasteiger partial charge >= 0.3 is 0 Å². The Balaban J connectivity index is 1.91. The van der Waals surface area contributed by atoms with Crippen molar-refractivity contribution >= 4 is 5.95 Å². The average Bonchev–Trinajstić information content (AvgIpc) is 2.77. The highest BCUT2D eigenvalue weighted by atomic mass is 16.5. The van der Waals surface area contributed by atoms with Crippen LogP contribution < -0.4 is 5.32 Å². The van der Waals surface area contributed by atoms with E-state index >= 15 is 0 Å². The number of nitrogens with one attached hydrogen (secondary N) is 1. The Morgan fingerprint density at radius 3 is 2.89 bits per heavy atom. The van der Waals surface area contributed by atoms with Gasteiger partial charge in [-0.15, -0.1) is 0 Å². The first-order chi connectivity index (χ1) is 9.17. The second-order valence-corrected chi connectivity index (χ2v) is 4.78. The van der Waals surface area contributed by atoms with Gasteiger partial charge in [-0.3, -0.25) is 4.98 Å². The summed E-state index contributed by atoms with van der Waals surface area (Å²) in [6.45, 7) is 6.17. The topological polar surface area (TPSA) is 63.8 Å². The van der Waals surface area contributed by atoms with Crippen LogP contribution in [0.3, 0.4) is 0 Å². The number of rotatable bonds is 6. The molecule has 102 valence electrons. The van der Waals surface area contributed by atoms with Gasteiger partial charge in [-0.2, -0.15) is 4.98 Å². The molecular weight excluding hydrogens is 240 g/mol. The molecule has 19 heavy (non-hydrogen) atoms. The van der Waals surface area contributed by atoms with Crippen molar-refractivity contribution < 1.29 is 4.52 Å². The fourth-order valence-corrected chi connectivity index (χ4v) is 1.93. The molecule has 0 aliphatic heterocycles. The predicted octanol–water partition coefficient (Wildman–Crippen LogP) is 2.77. The second-order valence-electron chi connectivity index (χ2n) is 4.78. The molecule has 1 unspecified atom stereocenters. The van der Waals surface area contributed by atoms with Crippen LogP contribution in [0, 0.1) is 6.92 Å². The Bertz CT molecular complexity index is 524. The molecule has 0 spiro atoms. The largest absolute Gasteiger partial charge is 0.349 e. The summed E-state index contributed by atoms with van der Waals surface area (Å²) in [6, 6.07) is 6.26. The van der Waals surface area contributed by atoms with Crippen LogP contribution in [0.25, 0.3) is 0 Å². The van der Waals surface area contributed by atoms with Gasteiger partial charge in [0.05, 0.1) is 0 Å². The van der Waals surface area contributed by atoms with Crippen LogP contribution in [0.5, 0.6) is 0 Å². The zero-order valence-corrected chi connectivity index (χ0v) is 11.7. The summed E-state index contributed by atoms with van der Waals surface area (Å²) in [4.78, 5) is 8.78. The molecule has 1 N–H and O–H groups in total. The minimum atomic E-state index is 0.210. The molecule has 2 aromatic heterocycles. The molecule has 2 heterocycles. The number of aromatic nitrogens is 3. The van der Waals surface area contributed by atoms with Crippen LogP contribution >= 0.6 is 0 Å². The first kappa shape index (κ1) is 13.5. The first-order valence-electron chi connectivity index (χ1n) is 6.69. The molecule has 5 nitrogen and oxygen atoms in total. The molecule has 0 saturated heterocycles. The number of nitrogens with zero attached hydrogens (tertiary/aromatic N) is 3. The number of pyridine rings is 1. The van der Waals surface area contributed by atoms with E-state index in [9.17, 15) is 0 Å². The molecular formula is C14H20N4O. The van der Waals surface area contributed by atoms with Crippen molar-refractivity contribution in [2.75, 3.05) is 5.32 Å². The van der Waals surface area contributed by atoms with E-state index in [2.05, 4.69) is 34.3 Å². The van der Waals surface area contributed by atoms with Crippen LogP contribution in [0.1, 0.15) is 37.5 Å². The summed E-state index contributed by atoms with van der Waals surface area (Å²) in [7, 11) is 0. The molecule has 0 fully saturated rings. The summed E-state index contributed by atoms with van der Waals surface area (Å²) >= 11 is 0. The van der Waals surface area contributed by atoms with Crippen LogP contribution in [0.4, 0.5) is 5.95 Å². The van der Waals surface area contributed by atoms with Crippen LogP contribution in [-0.2, 0) is 12.8 Å². The van der Waals surface area contributed by atoms with E-state index in [-0.39, 0.29) is 6.04 Å². The van der Waals surface area contributed by atoms with Gasteiger partial charge in [-0.25, -0.2) is 0 Å². The van der Waals surface area contributed by atoms with E-state index in [1.54, 1.807) is 0 Å². The normalized spacial score (nSPS) is 12.4. The highest BCUT2D eigenvalue weighted by Crippen LogP contribution is 2.09. The summed E-state index contributed by atoms with van der Waals surface area (Å²) < 4.78 is 5.14. The molecule has 0 amide bonds. The second kappa shape index (κ2) is 6.31. The standard InChI is InChI=1S/C14H20N4O/c1-4-6-13-17-14(18-19-13)16-11(3)9-12-8-5-7-10(2)15-12/h5,7-8,11H,4,6,9H2,1-3H3,(H,16,18). The van der Waals surface area contributed by atoms with Crippen molar-refractivity contribution in [3.8, 4) is 0 Å². The van der Waals surface area contributed by atoms with E-state index in [1.165, 1.54) is 0 Å². The molecule has 0 saturated carbocycles. The maximum atomic E-state index is 5.14. The lowest BCUT2D eigenvalue weighted by Crippen LogP contribution is -2.19.